The highest BCUT2D eigenvalue weighted by molar-refractivity contribution is 7.99. The molecule has 27 heavy (non-hydrogen) atoms. The maximum absolute atomic E-state index is 12.2. The number of amides is 1. The minimum absolute atomic E-state index is 0.0956. The van der Waals surface area contributed by atoms with E-state index in [0.29, 0.717) is 23.6 Å². The lowest BCUT2D eigenvalue weighted by atomic mass is 10.1. The lowest BCUT2D eigenvalue weighted by molar-refractivity contribution is -0.113. The molecular weight excluding hydrogens is 358 g/mol. The first-order valence-electron chi connectivity index (χ1n) is 8.78. The van der Waals surface area contributed by atoms with Crippen LogP contribution in [0.4, 0.5) is 5.69 Å². The molecule has 0 unspecified atom stereocenters. The van der Waals surface area contributed by atoms with Crippen LogP contribution in [0.5, 0.6) is 0 Å². The summed E-state index contributed by atoms with van der Waals surface area (Å²) in [6, 6.07) is 21.4. The Morgan fingerprint density at radius 2 is 1.78 bits per heavy atom. The predicted molar refractivity (Wildman–Crippen MR) is 111 cm³/mol. The van der Waals surface area contributed by atoms with Crippen molar-refractivity contribution >= 4 is 40.1 Å². The van der Waals surface area contributed by atoms with Crippen molar-refractivity contribution in [3.8, 4) is 0 Å². The molecule has 0 spiro atoms. The van der Waals surface area contributed by atoms with Crippen LogP contribution >= 0.6 is 11.8 Å². The zero-order chi connectivity index (χ0) is 19.1. The summed E-state index contributed by atoms with van der Waals surface area (Å²) in [7, 11) is 0. The normalized spacial score (nSPS) is 10.6. The van der Waals surface area contributed by atoms with E-state index in [1.807, 2.05) is 12.1 Å². The molecule has 0 aliphatic rings. The highest BCUT2D eigenvalue weighted by Crippen LogP contribution is 2.20. The van der Waals surface area contributed by atoms with Gasteiger partial charge in [-0.05, 0) is 41.5 Å². The van der Waals surface area contributed by atoms with Crippen LogP contribution in [0.3, 0.4) is 0 Å². The molecule has 0 atom stereocenters. The number of fused-ring (bicyclic) bond motifs is 1. The van der Waals surface area contributed by atoms with Crippen LogP contribution in [-0.2, 0) is 15.3 Å². The third kappa shape index (κ3) is 5.34. The van der Waals surface area contributed by atoms with Crippen molar-refractivity contribution in [1.29, 1.82) is 0 Å². The Labute approximate surface area is 162 Å². The first-order valence-corrected chi connectivity index (χ1v) is 9.93. The van der Waals surface area contributed by atoms with Crippen LogP contribution in [0.1, 0.15) is 22.8 Å². The Morgan fingerprint density at radius 3 is 2.59 bits per heavy atom. The number of carbonyl (C=O) groups excluding carboxylic acids is 2. The van der Waals surface area contributed by atoms with Crippen LogP contribution in [0.15, 0.2) is 66.7 Å². The predicted octanol–water partition coefficient (Wildman–Crippen LogP) is 4.89. The third-order valence-corrected chi connectivity index (χ3v) is 4.98. The smallest absolute Gasteiger partial charge is 0.338 e. The number of thioether (sulfide) groups is 1. The maximum atomic E-state index is 12.2. The number of rotatable bonds is 7. The van der Waals surface area contributed by atoms with Gasteiger partial charge in [-0.3, -0.25) is 4.79 Å². The molecule has 4 nitrogen and oxygen atoms in total. The molecule has 0 aliphatic heterocycles. The molecule has 0 bridgehead atoms. The first kappa shape index (κ1) is 19.0. The molecule has 0 radical (unpaired) electrons. The van der Waals surface area contributed by atoms with Gasteiger partial charge in [0.25, 0.3) is 0 Å². The summed E-state index contributed by atoms with van der Waals surface area (Å²) in [6.07, 6.45) is 0. The van der Waals surface area contributed by atoms with E-state index in [1.54, 1.807) is 43.0 Å². The molecule has 3 rings (SSSR count). The summed E-state index contributed by atoms with van der Waals surface area (Å²) < 4.78 is 4.98. The topological polar surface area (TPSA) is 55.4 Å². The summed E-state index contributed by atoms with van der Waals surface area (Å²) in [4.78, 5) is 23.9. The van der Waals surface area contributed by atoms with Crippen molar-refractivity contribution in [2.75, 3.05) is 17.7 Å². The summed E-state index contributed by atoms with van der Waals surface area (Å²) in [6.45, 7) is 2.08. The quantitative estimate of drug-likeness (QED) is 0.594. The van der Waals surface area contributed by atoms with Gasteiger partial charge in [0.2, 0.25) is 5.91 Å². The summed E-state index contributed by atoms with van der Waals surface area (Å²) >= 11 is 1.56. The van der Waals surface area contributed by atoms with E-state index in [1.165, 1.54) is 16.3 Å². The molecule has 0 aromatic heterocycles. The molecule has 5 heteroatoms. The van der Waals surface area contributed by atoms with Gasteiger partial charge in [0.1, 0.15) is 0 Å². The molecule has 0 saturated heterocycles. The molecule has 138 valence electrons. The molecular formula is C22H21NO3S. The molecule has 0 fully saturated rings. The summed E-state index contributed by atoms with van der Waals surface area (Å²) in [5.74, 6) is 0.624. The third-order valence-electron chi connectivity index (χ3n) is 3.97. The van der Waals surface area contributed by atoms with E-state index in [0.717, 1.165) is 5.75 Å². The number of nitrogens with one attached hydrogen (secondary N) is 1. The van der Waals surface area contributed by atoms with Gasteiger partial charge in [0, 0.05) is 11.4 Å². The van der Waals surface area contributed by atoms with Crippen molar-refractivity contribution in [3.63, 3.8) is 0 Å². The minimum Gasteiger partial charge on any atom is -0.462 e. The van der Waals surface area contributed by atoms with Crippen molar-refractivity contribution < 1.29 is 14.3 Å². The standard InChI is InChI=1S/C22H21NO3S/c1-2-26-22(25)19-8-5-9-20(13-19)23-21(24)15-27-14-16-10-11-17-6-3-4-7-18(17)12-16/h3-13H,2,14-15H2,1H3,(H,23,24). The number of esters is 1. The van der Waals surface area contributed by atoms with Crippen molar-refractivity contribution in [1.82, 2.24) is 0 Å². The van der Waals surface area contributed by atoms with E-state index < -0.39 is 0 Å². The lowest BCUT2D eigenvalue weighted by Crippen LogP contribution is -2.15. The zero-order valence-electron chi connectivity index (χ0n) is 15.1. The van der Waals surface area contributed by atoms with Crippen molar-refractivity contribution in [2.24, 2.45) is 0 Å². The Bertz CT molecular complexity index is 955. The molecule has 0 saturated carbocycles. The fraction of sp³-hybridized carbons (Fsp3) is 0.182. The first-order chi connectivity index (χ1) is 13.2. The van der Waals surface area contributed by atoms with Gasteiger partial charge in [-0.2, -0.15) is 0 Å². The van der Waals surface area contributed by atoms with Gasteiger partial charge < -0.3 is 10.1 Å². The van der Waals surface area contributed by atoms with E-state index in [2.05, 4.69) is 35.6 Å². The average Bonchev–Trinajstić information content (AvgIpc) is 2.68. The molecule has 0 aliphatic carbocycles. The summed E-state index contributed by atoms with van der Waals surface area (Å²) in [5.41, 5.74) is 2.21. The van der Waals surface area contributed by atoms with Crippen LogP contribution in [-0.4, -0.2) is 24.2 Å². The van der Waals surface area contributed by atoms with E-state index in [4.69, 9.17) is 4.74 Å². The van der Waals surface area contributed by atoms with Crippen LogP contribution < -0.4 is 5.32 Å². The fourth-order valence-corrected chi connectivity index (χ4v) is 3.50. The van der Waals surface area contributed by atoms with E-state index in [9.17, 15) is 9.59 Å². The van der Waals surface area contributed by atoms with Crippen LogP contribution in [0.25, 0.3) is 10.8 Å². The van der Waals surface area contributed by atoms with E-state index >= 15 is 0 Å². The minimum atomic E-state index is -0.390. The van der Waals surface area contributed by atoms with Gasteiger partial charge in [-0.1, -0.05) is 48.5 Å². The average molecular weight is 379 g/mol. The number of ether oxygens (including phenoxy) is 1. The number of anilines is 1. The highest BCUT2D eigenvalue weighted by Gasteiger charge is 2.09. The van der Waals surface area contributed by atoms with Gasteiger partial charge in [0.15, 0.2) is 0 Å². The Balaban J connectivity index is 1.52. The maximum Gasteiger partial charge on any atom is 0.338 e. The lowest BCUT2D eigenvalue weighted by Gasteiger charge is -2.08. The largest absolute Gasteiger partial charge is 0.462 e. The highest BCUT2D eigenvalue weighted by atomic mass is 32.2. The van der Waals surface area contributed by atoms with Crippen LogP contribution in [0.2, 0.25) is 0 Å². The SMILES string of the molecule is CCOC(=O)c1cccc(NC(=O)CSCc2ccc3ccccc3c2)c1. The number of hydrogen-bond donors (Lipinski definition) is 1. The second kappa shape index (κ2) is 9.24. The molecule has 1 N–H and O–H groups in total. The molecule has 3 aromatic carbocycles. The van der Waals surface area contributed by atoms with Crippen molar-refractivity contribution in [3.05, 3.63) is 77.9 Å². The molecule has 3 aromatic rings. The number of carbonyl (C=O) groups is 2. The molecule has 0 heterocycles. The van der Waals surface area contributed by atoms with Crippen LogP contribution in [0, 0.1) is 0 Å². The fourth-order valence-electron chi connectivity index (χ4n) is 2.73. The monoisotopic (exact) mass is 379 g/mol. The summed E-state index contributed by atoms with van der Waals surface area (Å²) in [5, 5.41) is 5.25. The Morgan fingerprint density at radius 1 is 0.963 bits per heavy atom. The zero-order valence-corrected chi connectivity index (χ0v) is 15.9. The Hall–Kier alpha value is -2.79. The Kier molecular flexibility index (Phi) is 6.49. The molecule has 1 amide bonds. The van der Waals surface area contributed by atoms with E-state index in [-0.39, 0.29) is 11.9 Å². The van der Waals surface area contributed by atoms with Gasteiger partial charge in [0.05, 0.1) is 17.9 Å². The van der Waals surface area contributed by atoms with Crippen molar-refractivity contribution in [2.45, 2.75) is 12.7 Å². The van der Waals surface area contributed by atoms with Gasteiger partial charge in [-0.25, -0.2) is 4.79 Å². The number of hydrogen-bond acceptors (Lipinski definition) is 4. The number of benzene rings is 3. The van der Waals surface area contributed by atoms with Gasteiger partial charge in [-0.15, -0.1) is 11.8 Å². The second-order valence-electron chi connectivity index (χ2n) is 6.02. The van der Waals surface area contributed by atoms with Gasteiger partial charge >= 0.3 is 5.97 Å². The second-order valence-corrected chi connectivity index (χ2v) is 7.01.